The molecule has 0 spiro atoms. The largest absolute Gasteiger partial charge is 0.380 e. The molecule has 1 atom stereocenters. The van der Waals surface area contributed by atoms with Crippen molar-refractivity contribution < 1.29 is 13.9 Å². The normalized spacial score (nSPS) is 16.5. The molecule has 138 valence electrons. The van der Waals surface area contributed by atoms with Gasteiger partial charge in [0, 0.05) is 23.7 Å². The number of benzene rings is 2. The fourth-order valence-electron chi connectivity index (χ4n) is 2.77. The van der Waals surface area contributed by atoms with E-state index in [1.54, 1.807) is 24.3 Å². The van der Waals surface area contributed by atoms with Crippen molar-refractivity contribution in [3.8, 4) is 0 Å². The summed E-state index contributed by atoms with van der Waals surface area (Å²) < 4.78 is 19.8. The minimum atomic E-state index is -0.426. The summed E-state index contributed by atoms with van der Waals surface area (Å²) in [5.74, 6) is -0.796. The van der Waals surface area contributed by atoms with Crippen molar-refractivity contribution in [1.29, 1.82) is 0 Å². The van der Waals surface area contributed by atoms with Crippen LogP contribution in [0.4, 0.5) is 15.8 Å². The molecule has 0 aliphatic carbocycles. The fourth-order valence-corrected chi connectivity index (χ4v) is 3.41. The Hall–Kier alpha value is -1.76. The highest BCUT2D eigenvalue weighted by atomic mass is 35.5. The van der Waals surface area contributed by atoms with Gasteiger partial charge in [-0.2, -0.15) is 0 Å². The van der Waals surface area contributed by atoms with Crippen LogP contribution in [0, 0.1) is 5.82 Å². The van der Waals surface area contributed by atoms with Crippen LogP contribution in [-0.4, -0.2) is 31.4 Å². The first kappa shape index (κ1) is 19.0. The van der Waals surface area contributed by atoms with Gasteiger partial charge in [-0.3, -0.25) is 4.79 Å². The molecule has 2 N–H and O–H groups in total. The van der Waals surface area contributed by atoms with Crippen molar-refractivity contribution in [2.75, 3.05) is 30.0 Å². The smallest absolute Gasteiger partial charge is 0.257 e. The summed E-state index contributed by atoms with van der Waals surface area (Å²) >= 11 is 7.63. The van der Waals surface area contributed by atoms with Crippen LogP contribution in [0.1, 0.15) is 23.2 Å². The molecule has 1 heterocycles. The highest BCUT2D eigenvalue weighted by Gasteiger charge is 2.16. The second-order valence-corrected chi connectivity index (χ2v) is 7.30. The lowest BCUT2D eigenvalue weighted by atomic mass is 10.2. The van der Waals surface area contributed by atoms with Crippen molar-refractivity contribution in [3.63, 3.8) is 0 Å². The van der Waals surface area contributed by atoms with Gasteiger partial charge in [-0.15, -0.1) is 11.8 Å². The van der Waals surface area contributed by atoms with Crippen LogP contribution in [0.3, 0.4) is 0 Å². The molecule has 0 aromatic heterocycles. The van der Waals surface area contributed by atoms with Crippen molar-refractivity contribution in [2.24, 2.45) is 0 Å². The summed E-state index contributed by atoms with van der Waals surface area (Å²) in [6, 6.07) is 9.81. The molecule has 0 saturated carbocycles. The third-order valence-corrected chi connectivity index (χ3v) is 5.24. The maximum absolute atomic E-state index is 14.3. The second-order valence-electron chi connectivity index (χ2n) is 6.01. The number of carbonyl (C=O) groups is 1. The van der Waals surface area contributed by atoms with Crippen LogP contribution < -0.4 is 10.6 Å². The Balaban J connectivity index is 1.66. The summed E-state index contributed by atoms with van der Waals surface area (Å²) in [5.41, 5.74) is 1.13. The van der Waals surface area contributed by atoms with Crippen LogP contribution in [0.5, 0.6) is 0 Å². The molecule has 7 heteroatoms. The first-order valence-corrected chi connectivity index (χ1v) is 9.97. The lowest BCUT2D eigenvalue weighted by Gasteiger charge is -2.13. The summed E-state index contributed by atoms with van der Waals surface area (Å²) in [7, 11) is 0. The van der Waals surface area contributed by atoms with Crippen LogP contribution in [0.25, 0.3) is 0 Å². The Morgan fingerprint density at radius 1 is 1.35 bits per heavy atom. The number of ether oxygens (including phenoxy) is 1. The van der Waals surface area contributed by atoms with Gasteiger partial charge in [-0.25, -0.2) is 4.39 Å². The first-order chi connectivity index (χ1) is 12.6. The maximum Gasteiger partial charge on any atom is 0.257 e. The number of amides is 1. The third kappa shape index (κ3) is 4.69. The van der Waals surface area contributed by atoms with Crippen LogP contribution in [0.15, 0.2) is 41.3 Å². The van der Waals surface area contributed by atoms with Gasteiger partial charge in [0.25, 0.3) is 5.91 Å². The minimum Gasteiger partial charge on any atom is -0.380 e. The highest BCUT2D eigenvalue weighted by Crippen LogP contribution is 2.25. The lowest BCUT2D eigenvalue weighted by molar-refractivity contribution is 0.102. The number of halogens is 2. The molecule has 1 saturated heterocycles. The van der Waals surface area contributed by atoms with Gasteiger partial charge < -0.3 is 15.4 Å². The monoisotopic (exact) mass is 394 g/mol. The number of anilines is 2. The molecule has 1 amide bonds. The molecule has 4 nitrogen and oxygen atoms in total. The van der Waals surface area contributed by atoms with Crippen LogP contribution in [0.2, 0.25) is 5.02 Å². The van der Waals surface area contributed by atoms with Gasteiger partial charge in [0.05, 0.1) is 22.4 Å². The van der Waals surface area contributed by atoms with E-state index in [4.69, 9.17) is 16.3 Å². The van der Waals surface area contributed by atoms with E-state index in [2.05, 4.69) is 10.6 Å². The minimum absolute atomic E-state index is 0.125. The number of nitrogens with one attached hydrogen (secondary N) is 2. The topological polar surface area (TPSA) is 50.4 Å². The zero-order valence-corrected chi connectivity index (χ0v) is 15.9. The zero-order chi connectivity index (χ0) is 18.5. The first-order valence-electron chi connectivity index (χ1n) is 8.36. The maximum atomic E-state index is 14.3. The van der Waals surface area contributed by atoms with E-state index < -0.39 is 5.82 Å². The molecule has 1 fully saturated rings. The van der Waals surface area contributed by atoms with E-state index in [0.717, 1.165) is 24.3 Å². The average Bonchev–Trinajstić information content (AvgIpc) is 3.15. The highest BCUT2D eigenvalue weighted by molar-refractivity contribution is 7.98. The molecule has 2 aromatic carbocycles. The molecule has 0 bridgehead atoms. The van der Waals surface area contributed by atoms with E-state index in [9.17, 15) is 9.18 Å². The van der Waals surface area contributed by atoms with E-state index in [-0.39, 0.29) is 12.0 Å². The average molecular weight is 395 g/mol. The second kappa shape index (κ2) is 8.75. The molecular formula is C19H20ClFN2O2S. The van der Waals surface area contributed by atoms with Crippen molar-refractivity contribution in [1.82, 2.24) is 0 Å². The molecule has 26 heavy (non-hydrogen) atoms. The molecule has 1 unspecified atom stereocenters. The molecule has 1 aliphatic rings. The Labute approximate surface area is 161 Å². The van der Waals surface area contributed by atoms with Crippen molar-refractivity contribution >= 4 is 40.6 Å². The fraction of sp³-hybridized carbons (Fsp3) is 0.316. The van der Waals surface area contributed by atoms with Gasteiger partial charge in [-0.05, 0) is 55.5 Å². The Morgan fingerprint density at radius 3 is 2.88 bits per heavy atom. The van der Waals surface area contributed by atoms with Gasteiger partial charge in [0.1, 0.15) is 5.82 Å². The predicted octanol–water partition coefficient (Wildman–Crippen LogP) is 5.04. The molecule has 3 rings (SSSR count). The Bertz CT molecular complexity index is 797. The number of thioether (sulfide) groups is 1. The molecule has 0 radical (unpaired) electrons. The third-order valence-electron chi connectivity index (χ3n) is 4.19. The standard InChI is InChI=1S/C19H20ClFN2O2S/c1-26-14-5-6-16(20)15(10-14)19(24)23-12-4-7-18(17(21)9-12)22-11-13-3-2-8-25-13/h4-7,9-10,13,22H,2-3,8,11H2,1H3,(H,23,24). The summed E-state index contributed by atoms with van der Waals surface area (Å²) in [4.78, 5) is 13.4. The van der Waals surface area contributed by atoms with Crippen molar-refractivity contribution in [3.05, 3.63) is 52.8 Å². The van der Waals surface area contributed by atoms with E-state index in [1.165, 1.54) is 17.8 Å². The van der Waals surface area contributed by atoms with Gasteiger partial charge in [-0.1, -0.05) is 11.6 Å². The number of carbonyl (C=O) groups excluding carboxylic acids is 1. The summed E-state index contributed by atoms with van der Waals surface area (Å²) in [6.07, 6.45) is 4.07. The van der Waals surface area contributed by atoms with E-state index >= 15 is 0 Å². The Morgan fingerprint density at radius 2 is 2.19 bits per heavy atom. The lowest BCUT2D eigenvalue weighted by Crippen LogP contribution is -2.19. The van der Waals surface area contributed by atoms with Crippen LogP contribution >= 0.6 is 23.4 Å². The molecule has 1 aliphatic heterocycles. The van der Waals surface area contributed by atoms with Gasteiger partial charge in [0.15, 0.2) is 0 Å². The number of rotatable bonds is 6. The quantitative estimate of drug-likeness (QED) is 0.673. The van der Waals surface area contributed by atoms with E-state index in [0.29, 0.717) is 28.5 Å². The predicted molar refractivity (Wildman–Crippen MR) is 105 cm³/mol. The van der Waals surface area contributed by atoms with Crippen LogP contribution in [-0.2, 0) is 4.74 Å². The SMILES string of the molecule is CSc1ccc(Cl)c(C(=O)Nc2ccc(NCC3CCCO3)c(F)c2)c1. The zero-order valence-electron chi connectivity index (χ0n) is 14.4. The van der Waals surface area contributed by atoms with Crippen molar-refractivity contribution in [2.45, 2.75) is 23.8 Å². The van der Waals surface area contributed by atoms with Gasteiger partial charge >= 0.3 is 0 Å². The van der Waals surface area contributed by atoms with Gasteiger partial charge in [0.2, 0.25) is 0 Å². The molecular weight excluding hydrogens is 375 g/mol. The molecule has 2 aromatic rings. The number of hydrogen-bond acceptors (Lipinski definition) is 4. The van der Waals surface area contributed by atoms with E-state index in [1.807, 2.05) is 12.3 Å². The summed E-state index contributed by atoms with van der Waals surface area (Å²) in [5, 5.41) is 6.10. The number of hydrogen-bond donors (Lipinski definition) is 2. The Kier molecular flexibility index (Phi) is 6.40. The summed E-state index contributed by atoms with van der Waals surface area (Å²) in [6.45, 7) is 1.33.